The third-order valence-corrected chi connectivity index (χ3v) is 7.38. The molecule has 0 radical (unpaired) electrons. The number of allylic oxidation sites excluding steroid dienone is 1. The molecule has 1 aliphatic carbocycles. The van der Waals surface area contributed by atoms with E-state index in [4.69, 9.17) is 39.9 Å². The maximum absolute atomic E-state index is 13.5. The van der Waals surface area contributed by atoms with Crippen molar-refractivity contribution >= 4 is 52.4 Å². The maximum atomic E-state index is 13.5. The van der Waals surface area contributed by atoms with Crippen molar-refractivity contribution in [1.82, 2.24) is 20.2 Å². The van der Waals surface area contributed by atoms with E-state index in [9.17, 15) is 4.79 Å². The van der Waals surface area contributed by atoms with Crippen molar-refractivity contribution in [2.24, 2.45) is 0 Å². The van der Waals surface area contributed by atoms with Gasteiger partial charge in [0.05, 0.1) is 16.4 Å². The molecule has 35 heavy (non-hydrogen) atoms. The molecule has 2 aliphatic rings. The Morgan fingerprint density at radius 2 is 1.60 bits per heavy atom. The van der Waals surface area contributed by atoms with E-state index in [0.717, 1.165) is 74.0 Å². The molecule has 0 saturated carbocycles. The molecule has 0 spiro atoms. The van der Waals surface area contributed by atoms with E-state index in [2.05, 4.69) is 11.5 Å². The Hall–Kier alpha value is -2.31. The molecule has 2 heterocycles. The van der Waals surface area contributed by atoms with Gasteiger partial charge >= 0.3 is 0 Å². The molecule has 1 saturated heterocycles. The first-order chi connectivity index (χ1) is 17.0. The number of piperidine rings is 1. The van der Waals surface area contributed by atoms with E-state index in [0.29, 0.717) is 26.4 Å². The molecule has 5 rings (SSSR count). The predicted octanol–water partition coefficient (Wildman–Crippen LogP) is 7.23. The average molecular weight is 530 g/mol. The maximum Gasteiger partial charge on any atom is 0.286 e. The number of fused-ring (bicyclic) bond motifs is 1. The van der Waals surface area contributed by atoms with Crippen molar-refractivity contribution in [3.63, 3.8) is 0 Å². The number of nitrogens with one attached hydrogen (secondary N) is 1. The summed E-state index contributed by atoms with van der Waals surface area (Å²) in [5.74, 6) is -0.167. The number of carbonyl (C=O) groups is 1. The summed E-state index contributed by atoms with van der Waals surface area (Å²) in [5, 5.41) is 8.60. The topological polar surface area (TPSA) is 50.2 Å². The number of carbonyl (C=O) groups excluding carboxylic acids is 1. The van der Waals surface area contributed by atoms with Gasteiger partial charge < -0.3 is 0 Å². The largest absolute Gasteiger partial charge is 0.286 e. The van der Waals surface area contributed by atoms with Gasteiger partial charge in [0.2, 0.25) is 0 Å². The van der Waals surface area contributed by atoms with E-state index >= 15 is 0 Å². The Morgan fingerprint density at radius 1 is 0.886 bits per heavy atom. The summed E-state index contributed by atoms with van der Waals surface area (Å²) in [6.45, 7) is 1.72. The molecule has 1 fully saturated rings. The average Bonchev–Trinajstić information content (AvgIpc) is 3.10. The van der Waals surface area contributed by atoms with Gasteiger partial charge in [0.1, 0.15) is 0 Å². The first-order valence-corrected chi connectivity index (χ1v) is 13.2. The number of rotatable bonds is 4. The minimum atomic E-state index is -0.167. The zero-order valence-corrected chi connectivity index (χ0v) is 21.6. The molecule has 3 aromatic rings. The molecular weight excluding hydrogens is 503 g/mol. The van der Waals surface area contributed by atoms with Gasteiger partial charge in [0, 0.05) is 28.7 Å². The van der Waals surface area contributed by atoms with Gasteiger partial charge in [-0.1, -0.05) is 53.4 Å². The summed E-state index contributed by atoms with van der Waals surface area (Å²) >= 11 is 18.9. The Balaban J connectivity index is 1.64. The van der Waals surface area contributed by atoms with Crippen LogP contribution in [0, 0.1) is 0 Å². The number of benzene rings is 2. The van der Waals surface area contributed by atoms with E-state index in [-0.39, 0.29) is 5.91 Å². The van der Waals surface area contributed by atoms with Crippen LogP contribution in [0.3, 0.4) is 0 Å². The normalized spacial score (nSPS) is 17.7. The lowest BCUT2D eigenvalue weighted by atomic mass is 10.0. The number of hydrogen-bond acceptors (Lipinski definition) is 3. The highest BCUT2D eigenvalue weighted by Gasteiger charge is 2.29. The minimum Gasteiger partial charge on any atom is -0.283 e. The molecule has 0 bridgehead atoms. The van der Waals surface area contributed by atoms with Crippen LogP contribution in [0.15, 0.2) is 42.5 Å². The van der Waals surface area contributed by atoms with E-state index in [1.807, 2.05) is 40.0 Å². The zero-order chi connectivity index (χ0) is 24.4. The summed E-state index contributed by atoms with van der Waals surface area (Å²) in [6.07, 6.45) is 9.19. The van der Waals surface area contributed by atoms with Gasteiger partial charge in [0.15, 0.2) is 5.69 Å². The zero-order valence-electron chi connectivity index (χ0n) is 19.4. The first kappa shape index (κ1) is 24.4. The van der Waals surface area contributed by atoms with Gasteiger partial charge in [-0.05, 0) is 86.1 Å². The lowest BCUT2D eigenvalue weighted by Crippen LogP contribution is -2.45. The van der Waals surface area contributed by atoms with Gasteiger partial charge in [-0.15, -0.1) is 0 Å². The fourth-order valence-electron chi connectivity index (χ4n) is 4.87. The van der Waals surface area contributed by atoms with Gasteiger partial charge in [-0.3, -0.25) is 10.2 Å². The fourth-order valence-corrected chi connectivity index (χ4v) is 5.48. The highest BCUT2D eigenvalue weighted by atomic mass is 35.5. The summed E-state index contributed by atoms with van der Waals surface area (Å²) in [4.78, 5) is 13.5. The standard InChI is InChI=1S/C27H27Cl3N4O/c28-20-10-8-18(9-11-20)16-19-6-2-3-7-22-25(27(35)32-33-14-4-1-5-15-33)31-34(26(19)22)24-13-12-21(29)17-23(24)30/h8-13,16-17H,1-7,14-15H2,(H,32,35)/b19-16+. The van der Waals surface area contributed by atoms with Crippen molar-refractivity contribution < 1.29 is 4.79 Å². The number of aromatic nitrogens is 2. The second kappa shape index (κ2) is 10.8. The summed E-state index contributed by atoms with van der Waals surface area (Å²) in [7, 11) is 0. The minimum absolute atomic E-state index is 0.167. The van der Waals surface area contributed by atoms with Crippen LogP contribution in [0.1, 0.15) is 65.8 Å². The molecule has 1 aliphatic heterocycles. The monoisotopic (exact) mass is 528 g/mol. The number of nitrogens with zero attached hydrogens (tertiary/aromatic N) is 3. The highest BCUT2D eigenvalue weighted by molar-refractivity contribution is 6.35. The van der Waals surface area contributed by atoms with Gasteiger partial charge in [0.25, 0.3) is 5.91 Å². The lowest BCUT2D eigenvalue weighted by Gasteiger charge is -2.26. The van der Waals surface area contributed by atoms with Crippen LogP contribution >= 0.6 is 34.8 Å². The van der Waals surface area contributed by atoms with E-state index < -0.39 is 0 Å². The van der Waals surface area contributed by atoms with Crippen molar-refractivity contribution in [3.05, 3.63) is 80.0 Å². The molecule has 0 atom stereocenters. The van der Waals surface area contributed by atoms with Crippen LogP contribution in [0.4, 0.5) is 0 Å². The molecule has 5 nitrogen and oxygen atoms in total. The first-order valence-electron chi connectivity index (χ1n) is 12.1. The fraction of sp³-hybridized carbons (Fsp3) is 0.333. The van der Waals surface area contributed by atoms with Crippen LogP contribution in [0.2, 0.25) is 15.1 Å². The van der Waals surface area contributed by atoms with Crippen molar-refractivity contribution in [1.29, 1.82) is 0 Å². The SMILES string of the molecule is O=C(NN1CCCCC1)c1nn(-c2ccc(Cl)cc2Cl)c2c1CCCC/C2=C\c1ccc(Cl)cc1. The number of halogens is 3. The Kier molecular flexibility index (Phi) is 7.49. The van der Waals surface area contributed by atoms with Crippen LogP contribution in [-0.2, 0) is 6.42 Å². The van der Waals surface area contributed by atoms with E-state index in [1.165, 1.54) is 6.42 Å². The van der Waals surface area contributed by atoms with Crippen molar-refractivity contribution in [2.45, 2.75) is 44.9 Å². The smallest absolute Gasteiger partial charge is 0.283 e. The molecule has 1 aromatic heterocycles. The van der Waals surface area contributed by atoms with E-state index in [1.54, 1.807) is 12.1 Å². The second-order valence-corrected chi connectivity index (χ2v) is 10.4. The Morgan fingerprint density at radius 3 is 2.34 bits per heavy atom. The number of hydrazine groups is 1. The van der Waals surface area contributed by atoms with Crippen molar-refractivity contribution in [3.8, 4) is 5.69 Å². The lowest BCUT2D eigenvalue weighted by molar-refractivity contribution is 0.0743. The van der Waals surface area contributed by atoms with Crippen LogP contribution < -0.4 is 5.43 Å². The Labute approximate surface area is 220 Å². The summed E-state index contributed by atoms with van der Waals surface area (Å²) in [6, 6.07) is 13.1. The number of amides is 1. The second-order valence-electron chi connectivity index (χ2n) is 9.10. The van der Waals surface area contributed by atoms with Crippen LogP contribution in [0.5, 0.6) is 0 Å². The van der Waals surface area contributed by atoms with Crippen LogP contribution in [-0.4, -0.2) is 33.8 Å². The van der Waals surface area contributed by atoms with Crippen LogP contribution in [0.25, 0.3) is 17.3 Å². The summed E-state index contributed by atoms with van der Waals surface area (Å²) < 4.78 is 1.83. The molecule has 2 aromatic carbocycles. The predicted molar refractivity (Wildman–Crippen MR) is 143 cm³/mol. The molecule has 182 valence electrons. The quantitative estimate of drug-likeness (QED) is 0.363. The molecule has 1 amide bonds. The van der Waals surface area contributed by atoms with Gasteiger partial charge in [-0.2, -0.15) is 5.10 Å². The Bertz CT molecular complexity index is 1260. The molecule has 8 heteroatoms. The third-order valence-electron chi connectivity index (χ3n) is 6.59. The molecular formula is C27H27Cl3N4O. The molecule has 0 unspecified atom stereocenters. The third kappa shape index (κ3) is 5.44. The van der Waals surface area contributed by atoms with Crippen molar-refractivity contribution in [2.75, 3.05) is 13.1 Å². The summed E-state index contributed by atoms with van der Waals surface area (Å²) in [5.41, 5.74) is 8.32. The molecule has 1 N–H and O–H groups in total. The highest BCUT2D eigenvalue weighted by Crippen LogP contribution is 2.37. The van der Waals surface area contributed by atoms with Gasteiger partial charge in [-0.25, -0.2) is 9.69 Å². The number of hydrogen-bond donors (Lipinski definition) is 1.